The standard InChI is InChI=1S/C14H19FN2O3/c1-9(14(19)20)5-3-6-10(2)16-13(18)11-7-4-8-12(15)17-11/h4,7-10H,3,5-6H2,1-2H3,(H,16,18)(H,19,20). The highest BCUT2D eigenvalue weighted by Gasteiger charge is 2.14. The normalized spacial score (nSPS) is 13.6. The summed E-state index contributed by atoms with van der Waals surface area (Å²) in [4.78, 5) is 25.9. The lowest BCUT2D eigenvalue weighted by atomic mass is 10.0. The molecule has 2 N–H and O–H groups in total. The van der Waals surface area contributed by atoms with Crippen molar-refractivity contribution < 1.29 is 19.1 Å². The van der Waals surface area contributed by atoms with E-state index >= 15 is 0 Å². The molecule has 1 aromatic heterocycles. The van der Waals surface area contributed by atoms with Gasteiger partial charge in [-0.05, 0) is 31.9 Å². The summed E-state index contributed by atoms with van der Waals surface area (Å²) in [6.07, 6.45) is 1.93. The SMILES string of the molecule is CC(CCCC(C)C(=O)O)NC(=O)c1cccc(F)n1. The topological polar surface area (TPSA) is 79.3 Å². The maximum atomic E-state index is 12.9. The Morgan fingerprint density at radius 1 is 1.35 bits per heavy atom. The fourth-order valence-corrected chi connectivity index (χ4v) is 1.76. The number of halogens is 1. The lowest BCUT2D eigenvalue weighted by Crippen LogP contribution is -2.33. The average Bonchev–Trinajstić information content (AvgIpc) is 2.38. The number of pyridine rings is 1. The molecule has 0 fully saturated rings. The smallest absolute Gasteiger partial charge is 0.306 e. The van der Waals surface area contributed by atoms with Crippen molar-refractivity contribution in [2.24, 2.45) is 5.92 Å². The summed E-state index contributed by atoms with van der Waals surface area (Å²) < 4.78 is 12.9. The van der Waals surface area contributed by atoms with Gasteiger partial charge in [-0.3, -0.25) is 9.59 Å². The maximum Gasteiger partial charge on any atom is 0.306 e. The molecule has 0 aromatic carbocycles. The van der Waals surface area contributed by atoms with Crippen LogP contribution in [0, 0.1) is 11.9 Å². The second-order valence-corrected chi connectivity index (χ2v) is 4.89. The summed E-state index contributed by atoms with van der Waals surface area (Å²) in [5, 5.41) is 11.5. The Labute approximate surface area is 117 Å². The number of aliphatic carboxylic acids is 1. The highest BCUT2D eigenvalue weighted by molar-refractivity contribution is 5.92. The Hall–Kier alpha value is -1.98. The molecule has 0 radical (unpaired) electrons. The monoisotopic (exact) mass is 282 g/mol. The summed E-state index contributed by atoms with van der Waals surface area (Å²) in [5.41, 5.74) is 0.0377. The summed E-state index contributed by atoms with van der Waals surface area (Å²) in [6.45, 7) is 3.48. The van der Waals surface area contributed by atoms with Crippen molar-refractivity contribution in [3.05, 3.63) is 29.8 Å². The van der Waals surface area contributed by atoms with Gasteiger partial charge in [0, 0.05) is 6.04 Å². The van der Waals surface area contributed by atoms with E-state index in [4.69, 9.17) is 5.11 Å². The third-order valence-corrected chi connectivity index (χ3v) is 3.02. The van der Waals surface area contributed by atoms with Gasteiger partial charge in [0.1, 0.15) is 5.69 Å². The molecule has 20 heavy (non-hydrogen) atoms. The average molecular weight is 282 g/mol. The molecule has 1 aromatic rings. The lowest BCUT2D eigenvalue weighted by molar-refractivity contribution is -0.141. The van der Waals surface area contributed by atoms with Crippen LogP contribution < -0.4 is 5.32 Å². The van der Waals surface area contributed by atoms with Crippen LogP contribution in [0.15, 0.2) is 18.2 Å². The van der Waals surface area contributed by atoms with Gasteiger partial charge in [0.05, 0.1) is 5.92 Å². The van der Waals surface area contributed by atoms with E-state index in [-0.39, 0.29) is 17.7 Å². The first-order chi connectivity index (χ1) is 9.40. The second kappa shape index (κ2) is 7.57. The molecule has 0 aliphatic heterocycles. The van der Waals surface area contributed by atoms with Crippen molar-refractivity contribution in [3.8, 4) is 0 Å². The number of carbonyl (C=O) groups is 2. The highest BCUT2D eigenvalue weighted by Crippen LogP contribution is 2.10. The van der Waals surface area contributed by atoms with Gasteiger partial charge in [-0.25, -0.2) is 4.98 Å². The molecule has 0 aliphatic rings. The second-order valence-electron chi connectivity index (χ2n) is 4.89. The Balaban J connectivity index is 2.37. The number of hydrogen-bond donors (Lipinski definition) is 2. The van der Waals surface area contributed by atoms with Gasteiger partial charge in [-0.1, -0.05) is 19.4 Å². The van der Waals surface area contributed by atoms with Crippen LogP contribution in [0.2, 0.25) is 0 Å². The predicted octanol–water partition coefficient (Wildman–Crippen LogP) is 2.23. The van der Waals surface area contributed by atoms with E-state index in [9.17, 15) is 14.0 Å². The van der Waals surface area contributed by atoms with Crippen LogP contribution >= 0.6 is 0 Å². The molecule has 2 unspecified atom stereocenters. The molecular formula is C14H19FN2O3. The largest absolute Gasteiger partial charge is 0.481 e. The molecule has 1 rings (SSSR count). The summed E-state index contributed by atoms with van der Waals surface area (Å²) in [7, 11) is 0. The zero-order chi connectivity index (χ0) is 15.1. The number of carboxylic acid groups (broad SMARTS) is 1. The Bertz CT molecular complexity index is 479. The lowest BCUT2D eigenvalue weighted by Gasteiger charge is -2.14. The van der Waals surface area contributed by atoms with Gasteiger partial charge in [0.15, 0.2) is 0 Å². The number of rotatable bonds is 7. The minimum absolute atomic E-state index is 0.0377. The Kier molecular flexibility index (Phi) is 6.09. The number of amides is 1. The van der Waals surface area contributed by atoms with Crippen molar-refractivity contribution in [2.45, 2.75) is 39.2 Å². The van der Waals surface area contributed by atoms with E-state index in [2.05, 4.69) is 10.3 Å². The predicted molar refractivity (Wildman–Crippen MR) is 71.8 cm³/mol. The molecule has 0 aliphatic carbocycles. The van der Waals surface area contributed by atoms with Crippen molar-refractivity contribution in [1.29, 1.82) is 0 Å². The number of carboxylic acids is 1. The van der Waals surface area contributed by atoms with Crippen LogP contribution in [0.5, 0.6) is 0 Å². The van der Waals surface area contributed by atoms with Gasteiger partial charge in [-0.15, -0.1) is 0 Å². The van der Waals surface area contributed by atoms with Gasteiger partial charge in [-0.2, -0.15) is 4.39 Å². The fourth-order valence-electron chi connectivity index (χ4n) is 1.76. The van der Waals surface area contributed by atoms with E-state index in [0.717, 1.165) is 0 Å². The van der Waals surface area contributed by atoms with Crippen LogP contribution in [-0.2, 0) is 4.79 Å². The first kappa shape index (κ1) is 16.1. The Morgan fingerprint density at radius 3 is 2.65 bits per heavy atom. The fraction of sp³-hybridized carbons (Fsp3) is 0.500. The van der Waals surface area contributed by atoms with Crippen LogP contribution in [0.25, 0.3) is 0 Å². The van der Waals surface area contributed by atoms with Crippen LogP contribution in [0.1, 0.15) is 43.6 Å². The van der Waals surface area contributed by atoms with Gasteiger partial charge < -0.3 is 10.4 Å². The van der Waals surface area contributed by atoms with E-state index in [1.54, 1.807) is 6.92 Å². The van der Waals surface area contributed by atoms with Crippen LogP contribution in [0.4, 0.5) is 4.39 Å². The molecule has 0 saturated heterocycles. The quantitative estimate of drug-likeness (QED) is 0.752. The van der Waals surface area contributed by atoms with E-state index in [0.29, 0.717) is 19.3 Å². The highest BCUT2D eigenvalue weighted by atomic mass is 19.1. The number of nitrogens with zero attached hydrogens (tertiary/aromatic N) is 1. The molecule has 110 valence electrons. The van der Waals surface area contributed by atoms with E-state index < -0.39 is 17.8 Å². The van der Waals surface area contributed by atoms with E-state index in [1.165, 1.54) is 18.2 Å². The molecular weight excluding hydrogens is 263 g/mol. The molecule has 0 bridgehead atoms. The number of aromatic nitrogens is 1. The van der Waals surface area contributed by atoms with Crippen LogP contribution in [-0.4, -0.2) is 28.0 Å². The third-order valence-electron chi connectivity index (χ3n) is 3.02. The number of hydrogen-bond acceptors (Lipinski definition) is 3. The molecule has 5 nitrogen and oxygen atoms in total. The summed E-state index contributed by atoms with van der Waals surface area (Å²) >= 11 is 0. The molecule has 0 spiro atoms. The first-order valence-corrected chi connectivity index (χ1v) is 6.56. The molecule has 0 saturated carbocycles. The summed E-state index contributed by atoms with van der Waals surface area (Å²) in [5.74, 6) is -2.32. The van der Waals surface area contributed by atoms with Crippen molar-refractivity contribution in [2.75, 3.05) is 0 Å². The first-order valence-electron chi connectivity index (χ1n) is 6.56. The number of carbonyl (C=O) groups excluding carboxylic acids is 1. The third kappa shape index (κ3) is 5.34. The van der Waals surface area contributed by atoms with Crippen molar-refractivity contribution in [1.82, 2.24) is 10.3 Å². The molecule has 2 atom stereocenters. The number of nitrogens with one attached hydrogen (secondary N) is 1. The van der Waals surface area contributed by atoms with Crippen LogP contribution in [0.3, 0.4) is 0 Å². The van der Waals surface area contributed by atoms with Gasteiger partial charge in [0.25, 0.3) is 5.91 Å². The molecule has 1 heterocycles. The minimum atomic E-state index is -0.814. The molecule has 1 amide bonds. The zero-order valence-electron chi connectivity index (χ0n) is 11.6. The van der Waals surface area contributed by atoms with Gasteiger partial charge in [0.2, 0.25) is 5.95 Å². The molecule has 6 heteroatoms. The van der Waals surface area contributed by atoms with Gasteiger partial charge >= 0.3 is 5.97 Å². The Morgan fingerprint density at radius 2 is 2.05 bits per heavy atom. The maximum absolute atomic E-state index is 12.9. The van der Waals surface area contributed by atoms with E-state index in [1.807, 2.05) is 6.92 Å². The summed E-state index contributed by atoms with van der Waals surface area (Å²) in [6, 6.07) is 3.93. The zero-order valence-corrected chi connectivity index (χ0v) is 11.6. The van der Waals surface area contributed by atoms with Crippen molar-refractivity contribution >= 4 is 11.9 Å². The van der Waals surface area contributed by atoms with Crippen molar-refractivity contribution in [3.63, 3.8) is 0 Å². The minimum Gasteiger partial charge on any atom is -0.481 e.